The molecule has 3 aromatic carbocycles. The predicted octanol–water partition coefficient (Wildman–Crippen LogP) is 5.29. The van der Waals surface area contributed by atoms with Crippen LogP contribution in [0, 0.1) is 22.7 Å². The Morgan fingerprint density at radius 3 is 2.17 bits per heavy atom. The fourth-order valence-corrected chi connectivity index (χ4v) is 3.62. The summed E-state index contributed by atoms with van der Waals surface area (Å²) >= 11 is 3.58. The second-order valence-electron chi connectivity index (χ2n) is 5.47. The smallest absolute Gasteiger partial charge is 0.0992 e. The first-order chi connectivity index (χ1) is 11.7. The van der Waals surface area contributed by atoms with Gasteiger partial charge in [-0.05, 0) is 58.4 Å². The Labute approximate surface area is 147 Å². The number of halogens is 1. The van der Waals surface area contributed by atoms with Crippen molar-refractivity contribution in [1.29, 1.82) is 10.5 Å². The average molecular weight is 372 g/mol. The van der Waals surface area contributed by atoms with Crippen LogP contribution in [0.5, 0.6) is 0 Å². The number of nitriles is 2. The van der Waals surface area contributed by atoms with Crippen molar-refractivity contribution < 1.29 is 0 Å². The molecular formula is C20H10BrN3. The largest absolute Gasteiger partial charge is 0.308 e. The molecule has 0 aliphatic rings. The normalized spacial score (nSPS) is 10.6. The Bertz CT molecular complexity index is 1190. The van der Waals surface area contributed by atoms with E-state index in [9.17, 15) is 5.26 Å². The van der Waals surface area contributed by atoms with Crippen molar-refractivity contribution in [3.05, 3.63) is 76.3 Å². The van der Waals surface area contributed by atoms with Crippen molar-refractivity contribution >= 4 is 37.7 Å². The number of para-hydroxylation sites is 1. The highest BCUT2D eigenvalue weighted by molar-refractivity contribution is 9.10. The van der Waals surface area contributed by atoms with Crippen LogP contribution < -0.4 is 0 Å². The zero-order valence-corrected chi connectivity index (χ0v) is 14.1. The summed E-state index contributed by atoms with van der Waals surface area (Å²) in [6, 6.07) is 23.8. The van der Waals surface area contributed by atoms with E-state index >= 15 is 0 Å². The van der Waals surface area contributed by atoms with E-state index in [2.05, 4.69) is 44.8 Å². The number of hydrogen-bond donors (Lipinski definition) is 0. The third-order valence-corrected chi connectivity index (χ3v) is 4.75. The van der Waals surface area contributed by atoms with Crippen LogP contribution in [0.25, 0.3) is 27.5 Å². The predicted molar refractivity (Wildman–Crippen MR) is 97.9 cm³/mol. The van der Waals surface area contributed by atoms with Crippen LogP contribution in [0.2, 0.25) is 0 Å². The van der Waals surface area contributed by atoms with Crippen LogP contribution in [-0.2, 0) is 0 Å². The summed E-state index contributed by atoms with van der Waals surface area (Å²) < 4.78 is 3.01. The number of nitrogens with zero attached hydrogens (tertiary/aromatic N) is 3. The summed E-state index contributed by atoms with van der Waals surface area (Å²) in [4.78, 5) is 0. The number of aromatic nitrogens is 1. The van der Waals surface area contributed by atoms with Crippen molar-refractivity contribution in [3.63, 3.8) is 0 Å². The van der Waals surface area contributed by atoms with Gasteiger partial charge in [-0.15, -0.1) is 0 Å². The summed E-state index contributed by atoms with van der Waals surface area (Å²) in [5.74, 6) is 0. The molecule has 0 fully saturated rings. The van der Waals surface area contributed by atoms with Crippen LogP contribution in [0.15, 0.2) is 65.1 Å². The number of fused-ring (bicyclic) bond motifs is 3. The number of rotatable bonds is 1. The van der Waals surface area contributed by atoms with Crippen molar-refractivity contribution in [2.24, 2.45) is 0 Å². The van der Waals surface area contributed by atoms with Gasteiger partial charge < -0.3 is 4.57 Å². The van der Waals surface area contributed by atoms with Crippen molar-refractivity contribution in [1.82, 2.24) is 4.57 Å². The quantitative estimate of drug-likeness (QED) is 0.456. The summed E-state index contributed by atoms with van der Waals surface area (Å²) in [6.45, 7) is 0. The van der Waals surface area contributed by atoms with Crippen molar-refractivity contribution in [3.8, 4) is 17.8 Å². The zero-order valence-electron chi connectivity index (χ0n) is 12.5. The van der Waals surface area contributed by atoms with Gasteiger partial charge in [0.2, 0.25) is 0 Å². The molecule has 1 heterocycles. The minimum absolute atomic E-state index is 0.609. The van der Waals surface area contributed by atoms with Gasteiger partial charge in [-0.25, -0.2) is 0 Å². The molecule has 4 rings (SSSR count). The Morgan fingerprint density at radius 2 is 1.42 bits per heavy atom. The first kappa shape index (κ1) is 14.5. The van der Waals surface area contributed by atoms with Crippen molar-refractivity contribution in [2.45, 2.75) is 0 Å². The fraction of sp³-hybridized carbons (Fsp3) is 0. The molecule has 0 N–H and O–H groups in total. The van der Waals surface area contributed by atoms with Gasteiger partial charge in [0, 0.05) is 15.2 Å². The van der Waals surface area contributed by atoms with Crippen LogP contribution in [-0.4, -0.2) is 4.57 Å². The van der Waals surface area contributed by atoms with Gasteiger partial charge in [0.15, 0.2) is 0 Å². The lowest BCUT2D eigenvalue weighted by Gasteiger charge is -2.10. The average Bonchev–Trinajstić information content (AvgIpc) is 2.95. The minimum Gasteiger partial charge on any atom is -0.308 e. The lowest BCUT2D eigenvalue weighted by Crippen LogP contribution is -1.95. The van der Waals surface area contributed by atoms with Gasteiger partial charge in [0.05, 0.1) is 40.0 Å². The lowest BCUT2D eigenvalue weighted by atomic mass is 10.1. The zero-order chi connectivity index (χ0) is 16.7. The second-order valence-corrected chi connectivity index (χ2v) is 6.33. The molecule has 0 saturated heterocycles. The molecule has 0 saturated carbocycles. The Balaban J connectivity index is 2.15. The third-order valence-electron chi connectivity index (χ3n) is 4.12. The number of benzene rings is 3. The highest BCUT2D eigenvalue weighted by Gasteiger charge is 2.14. The van der Waals surface area contributed by atoms with Crippen LogP contribution in [0.1, 0.15) is 11.1 Å². The standard InChI is InChI=1S/C20H10BrN3/c21-17-10-14(12-23)6-8-20(17)24-18-4-2-1-3-15(18)16-9-13(11-22)5-7-19(16)24/h1-10H. The van der Waals surface area contributed by atoms with Gasteiger partial charge in [-0.2, -0.15) is 10.5 Å². The summed E-state index contributed by atoms with van der Waals surface area (Å²) in [5.41, 5.74) is 4.31. The Morgan fingerprint density at radius 1 is 0.750 bits per heavy atom. The SMILES string of the molecule is N#Cc1ccc(-n2c3ccccc3c3cc(C#N)ccc32)c(Br)c1. The molecule has 0 unspecified atom stereocenters. The first-order valence-corrected chi connectivity index (χ1v) is 8.15. The highest BCUT2D eigenvalue weighted by Crippen LogP contribution is 2.35. The molecule has 24 heavy (non-hydrogen) atoms. The molecular weight excluding hydrogens is 362 g/mol. The van der Waals surface area contributed by atoms with Gasteiger partial charge in [-0.3, -0.25) is 0 Å². The maximum Gasteiger partial charge on any atom is 0.0992 e. The molecule has 0 radical (unpaired) electrons. The molecule has 0 atom stereocenters. The summed E-state index contributed by atoms with van der Waals surface area (Å²) in [7, 11) is 0. The van der Waals surface area contributed by atoms with E-state index in [1.807, 2.05) is 48.5 Å². The van der Waals surface area contributed by atoms with E-state index in [1.165, 1.54) is 0 Å². The Hall–Kier alpha value is -3.08. The van der Waals surface area contributed by atoms with E-state index in [4.69, 9.17) is 5.26 Å². The Kier molecular flexibility index (Phi) is 3.34. The van der Waals surface area contributed by atoms with E-state index in [0.717, 1.165) is 32.0 Å². The van der Waals surface area contributed by atoms with E-state index < -0.39 is 0 Å². The maximum atomic E-state index is 9.20. The van der Waals surface area contributed by atoms with Gasteiger partial charge in [0.1, 0.15) is 0 Å². The van der Waals surface area contributed by atoms with Gasteiger partial charge >= 0.3 is 0 Å². The molecule has 112 valence electrons. The monoisotopic (exact) mass is 371 g/mol. The molecule has 0 aliphatic carbocycles. The second kappa shape index (κ2) is 5.53. The molecule has 0 amide bonds. The van der Waals surface area contributed by atoms with Crippen LogP contribution in [0.4, 0.5) is 0 Å². The summed E-state index contributed by atoms with van der Waals surface area (Å²) in [5, 5.41) is 20.4. The molecule has 1 aromatic heterocycles. The van der Waals surface area contributed by atoms with E-state index in [0.29, 0.717) is 11.1 Å². The fourth-order valence-electron chi connectivity index (χ4n) is 3.06. The van der Waals surface area contributed by atoms with Gasteiger partial charge in [0.25, 0.3) is 0 Å². The topological polar surface area (TPSA) is 52.5 Å². The molecule has 0 spiro atoms. The molecule has 4 heteroatoms. The molecule has 3 nitrogen and oxygen atoms in total. The lowest BCUT2D eigenvalue weighted by molar-refractivity contribution is 1.17. The third kappa shape index (κ3) is 2.09. The molecule has 0 bridgehead atoms. The first-order valence-electron chi connectivity index (χ1n) is 7.36. The van der Waals surface area contributed by atoms with E-state index in [1.54, 1.807) is 0 Å². The molecule has 4 aromatic rings. The van der Waals surface area contributed by atoms with Crippen LogP contribution in [0.3, 0.4) is 0 Å². The van der Waals surface area contributed by atoms with Crippen LogP contribution >= 0.6 is 15.9 Å². The number of hydrogen-bond acceptors (Lipinski definition) is 2. The van der Waals surface area contributed by atoms with Crippen molar-refractivity contribution in [2.75, 3.05) is 0 Å². The van der Waals surface area contributed by atoms with E-state index in [-0.39, 0.29) is 0 Å². The minimum atomic E-state index is 0.609. The summed E-state index contributed by atoms with van der Waals surface area (Å²) in [6.07, 6.45) is 0. The molecule has 0 aliphatic heterocycles. The van der Waals surface area contributed by atoms with Gasteiger partial charge in [-0.1, -0.05) is 18.2 Å². The maximum absolute atomic E-state index is 9.20. The highest BCUT2D eigenvalue weighted by atomic mass is 79.9.